The lowest BCUT2D eigenvalue weighted by molar-refractivity contribution is -0.138. The number of carboxylic acids is 2. The van der Waals surface area contributed by atoms with Crippen molar-refractivity contribution in [3.8, 4) is 0 Å². The van der Waals surface area contributed by atoms with E-state index in [1.165, 1.54) is 22.3 Å². The van der Waals surface area contributed by atoms with Gasteiger partial charge in [-0.15, -0.1) is 0 Å². The van der Waals surface area contributed by atoms with Gasteiger partial charge in [0.05, 0.1) is 0 Å². The third-order valence-electron chi connectivity index (χ3n) is 8.84. The van der Waals surface area contributed by atoms with Gasteiger partial charge in [-0.25, -0.2) is 0 Å². The van der Waals surface area contributed by atoms with Crippen LogP contribution >= 0.6 is 0 Å². The number of fused-ring (bicyclic) bond motifs is 8. The van der Waals surface area contributed by atoms with Crippen LogP contribution in [0.15, 0.2) is 0 Å². The van der Waals surface area contributed by atoms with Crippen LogP contribution in [0.1, 0.15) is 94.0 Å². The van der Waals surface area contributed by atoms with Crippen molar-refractivity contribution in [2.45, 2.75) is 80.1 Å². The van der Waals surface area contributed by atoms with Gasteiger partial charge in [0.15, 0.2) is 0 Å². The third-order valence-corrected chi connectivity index (χ3v) is 8.84. The molecule has 0 spiro atoms. The van der Waals surface area contributed by atoms with Gasteiger partial charge in [0.2, 0.25) is 0 Å². The van der Waals surface area contributed by atoms with Crippen LogP contribution in [0.3, 0.4) is 0 Å². The van der Waals surface area contributed by atoms with Crippen LogP contribution in [0.4, 0.5) is 0 Å². The first-order chi connectivity index (χ1) is 20.0. The van der Waals surface area contributed by atoms with Crippen LogP contribution in [0.5, 0.6) is 0 Å². The maximum atomic E-state index is 11.6. The molecule has 5 heterocycles. The molecule has 0 aromatic carbocycles. The third kappa shape index (κ3) is 5.29. The Balaban J connectivity index is 1.91. The molecule has 0 fully saturated rings. The van der Waals surface area contributed by atoms with E-state index in [4.69, 9.17) is 0 Å². The molecule has 0 saturated heterocycles. The summed E-state index contributed by atoms with van der Waals surface area (Å²) in [6.45, 7) is 12.7. The number of nitrogens with one attached hydrogen (secondary N) is 4. The van der Waals surface area contributed by atoms with Gasteiger partial charge in [-0.3, -0.25) is 9.59 Å². The van der Waals surface area contributed by atoms with E-state index in [2.05, 4.69) is 65.9 Å². The highest BCUT2D eigenvalue weighted by Gasteiger charge is 2.17. The molecule has 0 amide bonds. The summed E-state index contributed by atoms with van der Waals surface area (Å²) in [5.74, 6) is -1.69. The molecular weight excluding hydrogens is 528 g/mol. The summed E-state index contributed by atoms with van der Waals surface area (Å²) in [4.78, 5) is 37.6. The van der Waals surface area contributed by atoms with Gasteiger partial charge in [0.1, 0.15) is 0 Å². The van der Waals surface area contributed by atoms with E-state index >= 15 is 0 Å². The maximum absolute atomic E-state index is 11.6. The number of aromatic nitrogens is 4. The van der Waals surface area contributed by atoms with Gasteiger partial charge in [-0.2, -0.15) is 0 Å². The lowest BCUT2D eigenvalue weighted by Gasteiger charge is -2.01. The summed E-state index contributed by atoms with van der Waals surface area (Å²) < 4.78 is 0. The second-order valence-corrected chi connectivity index (χ2v) is 11.3. The molecule has 0 atom stereocenters. The highest BCUT2D eigenvalue weighted by atomic mass is 16.4. The normalized spacial score (nSPS) is 15.6. The number of rotatable bonds is 8. The predicted octanol–water partition coefficient (Wildman–Crippen LogP) is 3.02. The molecular formula is C34H40N4O4. The van der Waals surface area contributed by atoms with Crippen molar-refractivity contribution in [1.29, 1.82) is 0 Å². The number of carbonyl (C=O) groups is 2. The van der Waals surface area contributed by atoms with E-state index in [0.717, 1.165) is 79.3 Å². The Hall–Kier alpha value is -4.46. The highest BCUT2D eigenvalue weighted by Crippen LogP contribution is 2.23. The molecule has 0 unspecified atom stereocenters. The molecule has 220 valence electrons. The van der Waals surface area contributed by atoms with E-state index in [1.807, 2.05) is 19.9 Å². The van der Waals surface area contributed by atoms with Crippen LogP contribution in [0.2, 0.25) is 0 Å². The molecule has 0 aliphatic carbocycles. The number of hydrogen-bond donors (Lipinski definition) is 6. The fourth-order valence-corrected chi connectivity index (χ4v) is 6.38. The van der Waals surface area contributed by atoms with Crippen LogP contribution in [-0.2, 0) is 35.3 Å². The predicted molar refractivity (Wildman–Crippen MR) is 166 cm³/mol. The Labute approximate surface area is 244 Å². The Morgan fingerprint density at radius 3 is 1.48 bits per heavy atom. The van der Waals surface area contributed by atoms with Crippen molar-refractivity contribution in [2.24, 2.45) is 0 Å². The largest absolute Gasteiger partial charge is 0.481 e. The zero-order valence-corrected chi connectivity index (χ0v) is 25.3. The van der Waals surface area contributed by atoms with Crippen molar-refractivity contribution < 1.29 is 19.8 Å². The fraction of sp³-hybridized carbons (Fsp3) is 0.353. The number of H-pyrrole nitrogens is 4. The van der Waals surface area contributed by atoms with Gasteiger partial charge in [-0.05, 0) is 122 Å². The van der Waals surface area contributed by atoms with Gasteiger partial charge in [0.25, 0.3) is 0 Å². The van der Waals surface area contributed by atoms with Gasteiger partial charge in [0, 0.05) is 57.0 Å². The van der Waals surface area contributed by atoms with Crippen LogP contribution in [-0.4, -0.2) is 42.1 Å². The molecule has 8 nitrogen and oxygen atoms in total. The van der Waals surface area contributed by atoms with Crippen molar-refractivity contribution in [2.75, 3.05) is 0 Å². The van der Waals surface area contributed by atoms with Crippen LogP contribution in [0, 0.1) is 27.7 Å². The Bertz CT molecular complexity index is 1960. The minimum Gasteiger partial charge on any atom is -0.481 e. The molecule has 6 N–H and O–H groups in total. The average molecular weight is 569 g/mol. The molecule has 5 rings (SSSR count). The number of aromatic amines is 4. The fourth-order valence-electron chi connectivity index (χ4n) is 6.38. The summed E-state index contributed by atoms with van der Waals surface area (Å²) in [5.41, 5.74) is 12.6. The monoisotopic (exact) mass is 568 g/mol. The SMILES string of the molecule is CCc1c2[nH]c(c1C)/C=c1\[nH]/c(c(C)c1CC)=C\c1[nH]c(c(CCC(=O)O)c1C)/C=c1\[nH]/c(c(C)c1CCC(=O)O)=C\2. The summed E-state index contributed by atoms with van der Waals surface area (Å²) in [6.07, 6.45) is 11.0. The number of hydrogen-bond acceptors (Lipinski definition) is 2. The first-order valence-corrected chi connectivity index (χ1v) is 14.7. The molecule has 1 aliphatic rings. The van der Waals surface area contributed by atoms with E-state index in [-0.39, 0.29) is 12.8 Å². The Kier molecular flexibility index (Phi) is 7.91. The Morgan fingerprint density at radius 1 is 0.524 bits per heavy atom. The van der Waals surface area contributed by atoms with E-state index in [1.54, 1.807) is 0 Å². The number of aliphatic carboxylic acids is 2. The highest BCUT2D eigenvalue weighted by molar-refractivity contribution is 5.70. The van der Waals surface area contributed by atoms with E-state index in [0.29, 0.717) is 12.8 Å². The zero-order valence-electron chi connectivity index (χ0n) is 25.3. The molecule has 8 heteroatoms. The summed E-state index contributed by atoms with van der Waals surface area (Å²) >= 11 is 0. The molecule has 42 heavy (non-hydrogen) atoms. The van der Waals surface area contributed by atoms with Crippen molar-refractivity contribution >= 4 is 36.2 Å². The quantitative estimate of drug-likeness (QED) is 0.171. The summed E-state index contributed by atoms with van der Waals surface area (Å²) in [7, 11) is 0. The van der Waals surface area contributed by atoms with E-state index in [9.17, 15) is 19.8 Å². The molecule has 4 aromatic heterocycles. The summed E-state index contributed by atoms with van der Waals surface area (Å²) in [5, 5.41) is 22.8. The minimum atomic E-state index is -0.847. The second kappa shape index (κ2) is 11.4. The first-order valence-electron chi connectivity index (χ1n) is 14.7. The second-order valence-electron chi connectivity index (χ2n) is 11.3. The van der Waals surface area contributed by atoms with E-state index < -0.39 is 11.9 Å². The molecule has 8 bridgehead atoms. The molecule has 4 aromatic rings. The smallest absolute Gasteiger partial charge is 0.303 e. The zero-order chi connectivity index (χ0) is 30.3. The van der Waals surface area contributed by atoms with Crippen LogP contribution in [0.25, 0.3) is 24.3 Å². The van der Waals surface area contributed by atoms with Crippen molar-refractivity contribution in [3.63, 3.8) is 0 Å². The molecule has 1 aliphatic heterocycles. The van der Waals surface area contributed by atoms with Gasteiger partial charge >= 0.3 is 11.9 Å². The summed E-state index contributed by atoms with van der Waals surface area (Å²) in [6, 6.07) is 0. The lowest BCUT2D eigenvalue weighted by atomic mass is 10.0. The molecule has 0 saturated carbocycles. The maximum Gasteiger partial charge on any atom is 0.303 e. The van der Waals surface area contributed by atoms with Gasteiger partial charge < -0.3 is 30.1 Å². The lowest BCUT2D eigenvalue weighted by Crippen LogP contribution is -2.14. The average Bonchev–Trinajstić information content (AvgIpc) is 3.59. The molecule has 0 radical (unpaired) electrons. The topological polar surface area (TPSA) is 138 Å². The Morgan fingerprint density at radius 2 is 0.929 bits per heavy atom. The number of carboxylic acid groups (broad SMARTS) is 2. The van der Waals surface area contributed by atoms with Crippen LogP contribution < -0.4 is 21.4 Å². The minimum absolute atomic E-state index is 0.0162. The standard InChI is InChI=1S/C34H40N4O4/c1-7-21-17(3)25-13-26-19(5)23(9-11-33(39)40)31(37-26)16-32-24(10-12-34(41)42)20(6)28(38-32)15-30-22(8-2)18(4)27(36-30)14-29(21)35-25/h13-16,35-38H,7-12H2,1-6H3,(H,39,40)(H,41,42)/b25-13-,26-13?,27-14?,28-15-,29-14-,30-15?,31-16?,32-16-. The van der Waals surface area contributed by atoms with Gasteiger partial charge in [-0.1, -0.05) is 13.8 Å². The van der Waals surface area contributed by atoms with Crippen molar-refractivity contribution in [1.82, 2.24) is 19.9 Å². The first kappa shape index (κ1) is 29.0. The van der Waals surface area contributed by atoms with Crippen molar-refractivity contribution in [3.05, 3.63) is 88.7 Å².